The number of aliphatic hydroxyl groups excluding tert-OH is 1. The molecule has 0 aliphatic heterocycles. The number of nitrogens with zero attached hydrogens (tertiary/aromatic N) is 1. The number of hydrogen-bond acceptors (Lipinski definition) is 9. The number of anilines is 1. The molecule has 1 aromatic heterocycles. The molecule has 1 heterocycles. The van der Waals surface area contributed by atoms with Crippen LogP contribution in [0.25, 0.3) is 10.9 Å². The Hall–Kier alpha value is -4.14. The molecule has 3 aromatic rings. The molecular formula is C24H27N3O7. The molecule has 34 heavy (non-hydrogen) atoms. The Labute approximate surface area is 196 Å². The third kappa shape index (κ3) is 6.93. The molecule has 10 nitrogen and oxygen atoms in total. The van der Waals surface area contributed by atoms with Crippen LogP contribution in [0.2, 0.25) is 0 Å². The maximum Gasteiger partial charge on any atom is 0.373 e. The first-order chi connectivity index (χ1) is 16.3. The van der Waals surface area contributed by atoms with Gasteiger partial charge in [0.2, 0.25) is 0 Å². The van der Waals surface area contributed by atoms with Gasteiger partial charge in [-0.1, -0.05) is 6.07 Å². The lowest BCUT2D eigenvalue weighted by molar-refractivity contribution is -0.191. The molecule has 0 saturated carbocycles. The van der Waals surface area contributed by atoms with Crippen molar-refractivity contribution in [2.75, 3.05) is 32.7 Å². The van der Waals surface area contributed by atoms with Crippen molar-refractivity contribution in [1.82, 2.24) is 10.3 Å². The summed E-state index contributed by atoms with van der Waals surface area (Å²) < 4.78 is 16.6. The highest BCUT2D eigenvalue weighted by Gasteiger charge is 2.15. The quantitative estimate of drug-likeness (QED) is 0.428. The van der Waals surface area contributed by atoms with E-state index in [9.17, 15) is 4.79 Å². The van der Waals surface area contributed by atoms with Crippen LogP contribution < -0.4 is 25.3 Å². The standard InChI is InChI=1S/C23H27N3O5.CO2/c1-14-11-17(24)22-18(25-14)5-4-6-20(22)31-13-15(2)26-23(28)16-7-8-19(29-3)21(12-16)30-10-9-27;2-1-3/h4-8,11-12,15,27H,9-10,13H2,1-3H3,(H2,24,25)(H,26,28);/t15-;/m0./s1. The third-order valence-corrected chi connectivity index (χ3v) is 4.60. The maximum atomic E-state index is 12.7. The van der Waals surface area contributed by atoms with E-state index in [2.05, 4.69) is 10.3 Å². The summed E-state index contributed by atoms with van der Waals surface area (Å²) in [6, 6.07) is 12.0. The highest BCUT2D eigenvalue weighted by atomic mass is 16.5. The number of nitrogens with two attached hydrogens (primary N) is 1. The summed E-state index contributed by atoms with van der Waals surface area (Å²) in [5.41, 5.74) is 8.78. The summed E-state index contributed by atoms with van der Waals surface area (Å²) in [5.74, 6) is 1.22. The molecule has 0 aliphatic carbocycles. The Morgan fingerprint density at radius 3 is 2.56 bits per heavy atom. The molecule has 4 N–H and O–H groups in total. The average Bonchev–Trinajstić information content (AvgIpc) is 2.81. The number of methoxy groups -OCH3 is 1. The highest BCUT2D eigenvalue weighted by Crippen LogP contribution is 2.30. The summed E-state index contributed by atoms with van der Waals surface area (Å²) in [6.07, 6.45) is 0.250. The van der Waals surface area contributed by atoms with E-state index in [1.807, 2.05) is 32.0 Å². The summed E-state index contributed by atoms with van der Waals surface area (Å²) in [7, 11) is 1.51. The summed E-state index contributed by atoms with van der Waals surface area (Å²) in [4.78, 5) is 33.4. The van der Waals surface area contributed by atoms with E-state index < -0.39 is 0 Å². The van der Waals surface area contributed by atoms with Crippen LogP contribution in [0.1, 0.15) is 23.0 Å². The number of nitrogen functional groups attached to an aromatic ring is 1. The lowest BCUT2D eigenvalue weighted by atomic mass is 10.1. The van der Waals surface area contributed by atoms with Crippen LogP contribution in [0.3, 0.4) is 0 Å². The Bertz CT molecular complexity index is 1160. The van der Waals surface area contributed by atoms with Gasteiger partial charge >= 0.3 is 6.15 Å². The minimum absolute atomic E-state index is 0.105. The molecule has 2 aromatic carbocycles. The number of rotatable bonds is 9. The summed E-state index contributed by atoms with van der Waals surface area (Å²) in [5, 5.41) is 12.6. The molecule has 0 aliphatic rings. The Balaban J connectivity index is 0.00000129. The fraction of sp³-hybridized carbons (Fsp3) is 0.292. The number of benzene rings is 2. The van der Waals surface area contributed by atoms with E-state index in [1.54, 1.807) is 24.3 Å². The molecule has 0 bridgehead atoms. The molecule has 180 valence electrons. The minimum Gasteiger partial charge on any atom is -0.493 e. The number of ether oxygens (including phenoxy) is 3. The molecule has 1 atom stereocenters. The van der Waals surface area contributed by atoms with Crippen LogP contribution in [0.4, 0.5) is 5.69 Å². The van der Waals surface area contributed by atoms with E-state index in [0.29, 0.717) is 28.5 Å². The number of carbonyl (C=O) groups is 1. The van der Waals surface area contributed by atoms with E-state index in [4.69, 9.17) is 34.6 Å². The molecule has 0 saturated heterocycles. The largest absolute Gasteiger partial charge is 0.493 e. The van der Waals surface area contributed by atoms with Gasteiger partial charge in [0.05, 0.1) is 30.7 Å². The van der Waals surface area contributed by atoms with Crippen LogP contribution >= 0.6 is 0 Å². The van der Waals surface area contributed by atoms with Crippen molar-refractivity contribution in [3.8, 4) is 17.2 Å². The molecule has 10 heteroatoms. The van der Waals surface area contributed by atoms with Gasteiger partial charge in [-0.2, -0.15) is 9.59 Å². The van der Waals surface area contributed by atoms with Gasteiger partial charge in [0, 0.05) is 16.9 Å². The normalized spacial score (nSPS) is 10.9. The van der Waals surface area contributed by atoms with E-state index in [0.717, 1.165) is 16.6 Å². The molecule has 0 radical (unpaired) electrons. The first-order valence-electron chi connectivity index (χ1n) is 10.3. The van der Waals surface area contributed by atoms with Crippen molar-refractivity contribution in [3.63, 3.8) is 0 Å². The van der Waals surface area contributed by atoms with Crippen LogP contribution in [0.15, 0.2) is 42.5 Å². The number of aromatic nitrogens is 1. The Kier molecular flexibility index (Phi) is 9.82. The number of amides is 1. The number of carbonyl (C=O) groups excluding carboxylic acids is 3. The first-order valence-corrected chi connectivity index (χ1v) is 10.3. The number of nitrogens with one attached hydrogen (secondary N) is 1. The molecule has 0 fully saturated rings. The monoisotopic (exact) mass is 469 g/mol. The van der Waals surface area contributed by atoms with E-state index in [1.165, 1.54) is 7.11 Å². The second kappa shape index (κ2) is 12.8. The van der Waals surface area contributed by atoms with Gasteiger partial charge in [0.15, 0.2) is 11.5 Å². The number of hydrogen-bond donors (Lipinski definition) is 3. The van der Waals surface area contributed by atoms with Crippen molar-refractivity contribution >= 4 is 28.6 Å². The molecule has 0 spiro atoms. The summed E-state index contributed by atoms with van der Waals surface area (Å²) in [6.45, 7) is 3.96. The summed E-state index contributed by atoms with van der Waals surface area (Å²) >= 11 is 0. The molecule has 3 rings (SSSR count). The number of fused-ring (bicyclic) bond motifs is 1. The van der Waals surface area contributed by atoms with Gasteiger partial charge in [-0.05, 0) is 50.2 Å². The fourth-order valence-electron chi connectivity index (χ4n) is 3.19. The van der Waals surface area contributed by atoms with Crippen molar-refractivity contribution in [2.45, 2.75) is 19.9 Å². The van der Waals surface area contributed by atoms with E-state index in [-0.39, 0.29) is 37.9 Å². The lowest BCUT2D eigenvalue weighted by Crippen LogP contribution is -2.36. The highest BCUT2D eigenvalue weighted by molar-refractivity contribution is 5.96. The van der Waals surface area contributed by atoms with Crippen LogP contribution in [-0.2, 0) is 9.59 Å². The number of aliphatic hydroxyl groups is 1. The fourth-order valence-corrected chi connectivity index (χ4v) is 3.19. The maximum absolute atomic E-state index is 12.7. The molecule has 1 amide bonds. The Morgan fingerprint density at radius 2 is 1.88 bits per heavy atom. The van der Waals surface area contributed by atoms with Gasteiger partial charge in [-0.15, -0.1) is 0 Å². The van der Waals surface area contributed by atoms with E-state index >= 15 is 0 Å². The zero-order valence-electron chi connectivity index (χ0n) is 19.2. The molecule has 0 unspecified atom stereocenters. The lowest BCUT2D eigenvalue weighted by Gasteiger charge is -2.17. The molecular weight excluding hydrogens is 442 g/mol. The third-order valence-electron chi connectivity index (χ3n) is 4.60. The minimum atomic E-state index is -0.276. The zero-order chi connectivity index (χ0) is 25.1. The Morgan fingerprint density at radius 1 is 1.15 bits per heavy atom. The number of aryl methyl sites for hydroxylation is 1. The van der Waals surface area contributed by atoms with Crippen molar-refractivity contribution in [1.29, 1.82) is 0 Å². The second-order valence-corrected chi connectivity index (χ2v) is 7.21. The zero-order valence-corrected chi connectivity index (χ0v) is 19.2. The van der Waals surface area contributed by atoms with Crippen molar-refractivity contribution in [2.24, 2.45) is 0 Å². The van der Waals surface area contributed by atoms with Gasteiger partial charge < -0.3 is 30.4 Å². The average molecular weight is 469 g/mol. The van der Waals surface area contributed by atoms with Gasteiger partial charge in [-0.3, -0.25) is 9.78 Å². The second-order valence-electron chi connectivity index (χ2n) is 7.21. The first kappa shape index (κ1) is 26.1. The van der Waals surface area contributed by atoms with Crippen LogP contribution in [0, 0.1) is 6.92 Å². The van der Waals surface area contributed by atoms with Crippen molar-refractivity contribution < 1.29 is 33.7 Å². The van der Waals surface area contributed by atoms with Crippen LogP contribution in [0.5, 0.6) is 17.2 Å². The van der Waals surface area contributed by atoms with Gasteiger partial charge in [0.25, 0.3) is 5.91 Å². The van der Waals surface area contributed by atoms with Crippen LogP contribution in [-0.4, -0.2) is 55.1 Å². The van der Waals surface area contributed by atoms with Gasteiger partial charge in [-0.25, -0.2) is 0 Å². The topological polar surface area (TPSA) is 150 Å². The predicted octanol–water partition coefficient (Wildman–Crippen LogP) is 2.12. The SMILES string of the molecule is COc1ccc(C(=O)N[C@@H](C)COc2cccc3nc(C)cc(N)c23)cc1OCCO.O=C=O. The van der Waals surface area contributed by atoms with Gasteiger partial charge in [0.1, 0.15) is 19.0 Å². The van der Waals surface area contributed by atoms with Crippen molar-refractivity contribution in [3.05, 3.63) is 53.7 Å². The predicted molar refractivity (Wildman–Crippen MR) is 124 cm³/mol. The number of pyridine rings is 1. The smallest absolute Gasteiger partial charge is 0.373 e.